The Morgan fingerprint density at radius 1 is 1.22 bits per heavy atom. The smallest absolute Gasteiger partial charge is 0.256 e. The van der Waals surface area contributed by atoms with Crippen molar-refractivity contribution in [1.82, 2.24) is 9.97 Å². The van der Waals surface area contributed by atoms with E-state index in [1.54, 1.807) is 0 Å². The zero-order chi connectivity index (χ0) is 16.4. The second kappa shape index (κ2) is 6.54. The number of nitrogens with one attached hydrogen (secondary N) is 2. The second-order valence-electron chi connectivity index (χ2n) is 6.50. The van der Waals surface area contributed by atoms with Gasteiger partial charge in [-0.25, -0.2) is 4.98 Å². The van der Waals surface area contributed by atoms with Crippen molar-refractivity contribution in [2.24, 2.45) is 0 Å². The summed E-state index contributed by atoms with van der Waals surface area (Å²) in [4.78, 5) is 23.9. The van der Waals surface area contributed by atoms with Gasteiger partial charge in [0.05, 0.1) is 38.9 Å². The number of benzene rings is 1. The summed E-state index contributed by atoms with van der Waals surface area (Å²) in [5, 5.41) is 0. The van der Waals surface area contributed by atoms with Gasteiger partial charge >= 0.3 is 0 Å². The third-order valence-corrected chi connectivity index (χ3v) is 4.75. The van der Waals surface area contributed by atoms with Crippen LogP contribution in [0.25, 0.3) is 0 Å². The maximum Gasteiger partial charge on any atom is 0.256 e. The van der Waals surface area contributed by atoms with Crippen LogP contribution >= 0.6 is 0 Å². The molecule has 23 heavy (non-hydrogen) atoms. The molecule has 1 aromatic carbocycles. The first-order valence-electron chi connectivity index (χ1n) is 8.25. The van der Waals surface area contributed by atoms with E-state index in [-0.39, 0.29) is 5.56 Å². The lowest BCUT2D eigenvalue weighted by Gasteiger charge is -2.30. The highest BCUT2D eigenvalue weighted by molar-refractivity contribution is 5.37. The molecule has 0 saturated carbocycles. The molecular weight excluding hydrogens is 288 g/mol. The van der Waals surface area contributed by atoms with Gasteiger partial charge in [-0.15, -0.1) is 0 Å². The zero-order valence-corrected chi connectivity index (χ0v) is 14.1. The number of piperazine rings is 1. The minimum atomic E-state index is -0.0120. The number of aromatic amines is 1. The van der Waals surface area contributed by atoms with Crippen molar-refractivity contribution in [2.75, 3.05) is 38.1 Å². The first-order chi connectivity index (χ1) is 11.0. The highest BCUT2D eigenvalue weighted by Gasteiger charge is 2.20. The predicted molar refractivity (Wildman–Crippen MR) is 92.4 cm³/mol. The van der Waals surface area contributed by atoms with Crippen LogP contribution < -0.4 is 15.4 Å². The van der Waals surface area contributed by atoms with Gasteiger partial charge in [0.15, 0.2) is 0 Å². The number of nitrogens with zero attached hydrogens (tertiary/aromatic N) is 2. The summed E-state index contributed by atoms with van der Waals surface area (Å²) < 4.78 is 0. The van der Waals surface area contributed by atoms with Gasteiger partial charge in [-0.1, -0.05) is 24.3 Å². The van der Waals surface area contributed by atoms with Crippen LogP contribution in [-0.4, -0.2) is 43.2 Å². The molecule has 0 aliphatic carbocycles. The van der Waals surface area contributed by atoms with Crippen LogP contribution in [0.4, 0.5) is 5.95 Å². The van der Waals surface area contributed by atoms with Gasteiger partial charge in [0.1, 0.15) is 0 Å². The number of quaternary nitrogens is 1. The van der Waals surface area contributed by atoms with Crippen molar-refractivity contribution in [1.29, 1.82) is 0 Å². The van der Waals surface area contributed by atoms with E-state index in [0.717, 1.165) is 37.4 Å². The maximum absolute atomic E-state index is 12.6. The molecule has 1 saturated heterocycles. The van der Waals surface area contributed by atoms with Gasteiger partial charge < -0.3 is 9.80 Å². The van der Waals surface area contributed by atoms with Crippen LogP contribution in [0.3, 0.4) is 0 Å². The summed E-state index contributed by atoms with van der Waals surface area (Å²) >= 11 is 0. The van der Waals surface area contributed by atoms with Crippen molar-refractivity contribution < 1.29 is 4.90 Å². The number of anilines is 1. The minimum Gasteiger partial charge on any atom is -0.334 e. The van der Waals surface area contributed by atoms with Crippen LogP contribution in [0.5, 0.6) is 0 Å². The van der Waals surface area contributed by atoms with Gasteiger partial charge in [0.25, 0.3) is 5.56 Å². The molecule has 122 valence electrons. The fraction of sp³-hybridized carbons (Fsp3) is 0.444. The molecule has 5 nitrogen and oxygen atoms in total. The van der Waals surface area contributed by atoms with Crippen LogP contribution in [0.1, 0.15) is 22.4 Å². The van der Waals surface area contributed by atoms with E-state index in [9.17, 15) is 4.79 Å². The highest BCUT2D eigenvalue weighted by atomic mass is 16.1. The molecule has 0 spiro atoms. The lowest BCUT2D eigenvalue weighted by atomic mass is 10.0. The van der Waals surface area contributed by atoms with Crippen LogP contribution in [0.15, 0.2) is 29.1 Å². The largest absolute Gasteiger partial charge is 0.334 e. The lowest BCUT2D eigenvalue weighted by molar-refractivity contribution is -0.880. The molecule has 2 aromatic rings. The minimum absolute atomic E-state index is 0.0120. The van der Waals surface area contributed by atoms with Crippen molar-refractivity contribution in [3.8, 4) is 0 Å². The number of hydrogen-bond acceptors (Lipinski definition) is 3. The third-order valence-electron chi connectivity index (χ3n) is 4.75. The molecule has 2 heterocycles. The molecule has 1 aliphatic heterocycles. The maximum atomic E-state index is 12.6. The first kappa shape index (κ1) is 15.7. The third kappa shape index (κ3) is 3.45. The molecule has 1 fully saturated rings. The van der Waals surface area contributed by atoms with E-state index in [1.807, 2.05) is 19.1 Å². The van der Waals surface area contributed by atoms with Crippen LogP contribution in [-0.2, 0) is 6.42 Å². The molecule has 5 heteroatoms. The molecule has 0 radical (unpaired) electrons. The topological polar surface area (TPSA) is 53.4 Å². The Kier molecular flexibility index (Phi) is 4.48. The molecule has 3 rings (SSSR count). The second-order valence-corrected chi connectivity index (χ2v) is 6.50. The molecule has 1 aliphatic rings. The van der Waals surface area contributed by atoms with E-state index < -0.39 is 0 Å². The zero-order valence-electron chi connectivity index (χ0n) is 14.1. The Balaban J connectivity index is 1.86. The highest BCUT2D eigenvalue weighted by Crippen LogP contribution is 2.14. The summed E-state index contributed by atoms with van der Waals surface area (Å²) in [6.07, 6.45) is 0.633. The molecular formula is C18H25N4O+. The average molecular weight is 313 g/mol. The Morgan fingerprint density at radius 2 is 1.91 bits per heavy atom. The Hall–Kier alpha value is -2.14. The molecule has 0 bridgehead atoms. The molecule has 0 amide bonds. The summed E-state index contributed by atoms with van der Waals surface area (Å²) in [5.41, 5.74) is 3.97. The van der Waals surface area contributed by atoms with Gasteiger partial charge in [0, 0.05) is 12.0 Å². The van der Waals surface area contributed by atoms with Crippen molar-refractivity contribution in [3.05, 3.63) is 57.0 Å². The number of H-pyrrole nitrogens is 1. The van der Waals surface area contributed by atoms with E-state index in [1.165, 1.54) is 16.0 Å². The van der Waals surface area contributed by atoms with Crippen molar-refractivity contribution in [3.63, 3.8) is 0 Å². The van der Waals surface area contributed by atoms with Gasteiger partial charge in [-0.05, 0) is 25.0 Å². The summed E-state index contributed by atoms with van der Waals surface area (Å²) in [6.45, 7) is 8.04. The SMILES string of the molecule is Cc1ccccc1Cc1c(C)nc(N2CC[NH+](C)CC2)[nH]c1=O. The quantitative estimate of drug-likeness (QED) is 0.858. The Morgan fingerprint density at radius 3 is 2.57 bits per heavy atom. The standard InChI is InChI=1S/C18H24N4O/c1-13-6-4-5-7-15(13)12-16-14(2)19-18(20-17(16)23)22-10-8-21(3)9-11-22/h4-7H,8-12H2,1-3H3,(H,19,20,23)/p+1. The Bertz CT molecular complexity index is 745. The van der Waals surface area contributed by atoms with Crippen LogP contribution in [0.2, 0.25) is 0 Å². The lowest BCUT2D eigenvalue weighted by Crippen LogP contribution is -3.12. The fourth-order valence-corrected chi connectivity index (χ4v) is 3.05. The fourth-order valence-electron chi connectivity index (χ4n) is 3.05. The molecule has 1 aromatic heterocycles. The average Bonchev–Trinajstić information content (AvgIpc) is 2.53. The molecule has 0 unspecified atom stereocenters. The number of aromatic nitrogens is 2. The van der Waals surface area contributed by atoms with Gasteiger partial charge in [-0.2, -0.15) is 0 Å². The van der Waals surface area contributed by atoms with Gasteiger partial charge in [-0.3, -0.25) is 9.78 Å². The Labute approximate surface area is 137 Å². The van der Waals surface area contributed by atoms with E-state index in [0.29, 0.717) is 12.4 Å². The predicted octanol–water partition coefficient (Wildman–Crippen LogP) is 0.312. The van der Waals surface area contributed by atoms with Crippen molar-refractivity contribution >= 4 is 5.95 Å². The van der Waals surface area contributed by atoms with E-state index in [2.05, 4.69) is 41.0 Å². The van der Waals surface area contributed by atoms with E-state index in [4.69, 9.17) is 0 Å². The van der Waals surface area contributed by atoms with Crippen LogP contribution in [0, 0.1) is 13.8 Å². The number of aryl methyl sites for hydroxylation is 2. The molecule has 2 N–H and O–H groups in total. The summed E-state index contributed by atoms with van der Waals surface area (Å²) in [6, 6.07) is 8.19. The van der Waals surface area contributed by atoms with Gasteiger partial charge in [0.2, 0.25) is 5.95 Å². The summed E-state index contributed by atoms with van der Waals surface area (Å²) in [7, 11) is 2.20. The monoisotopic (exact) mass is 313 g/mol. The first-order valence-corrected chi connectivity index (χ1v) is 8.25. The normalized spacial score (nSPS) is 15.9. The van der Waals surface area contributed by atoms with E-state index >= 15 is 0 Å². The number of likely N-dealkylation sites (N-methyl/N-ethyl adjacent to an activating group) is 1. The summed E-state index contributed by atoms with van der Waals surface area (Å²) in [5.74, 6) is 0.716. The number of rotatable bonds is 3. The van der Waals surface area contributed by atoms with Crippen molar-refractivity contribution in [2.45, 2.75) is 20.3 Å². The number of hydrogen-bond donors (Lipinski definition) is 2. The molecule has 0 atom stereocenters.